The van der Waals surface area contributed by atoms with Gasteiger partial charge in [0.05, 0.1) is 103 Å². The summed E-state index contributed by atoms with van der Waals surface area (Å²) in [5.74, 6) is -1.22. The molecule has 1 N–H and O–H groups in total. The molecule has 14 heteroatoms. The standard InChI is InChI=1S/C76H78O14/c77-71-66-69(83-47-58-33-17-5-18-34-58)74(88-64(52-79-44-55-27-11-2-12-28-55)75(66,71)86-50-61-39-23-8-24-40-61)90-76-65(53-80-45-56-29-13-3-14-30-56)87-73(70(84-48-59-35-19-6-20-36-59)67(76)72(76)85-49-60-37-21-7-22-38-60)89-68-62(82-46-57-31-15-4-16-32-57)41-42-81-63(68)51-78-43-54-25-9-1-10-26-54/h1-42,62-74,77H,43-53H2/t62?,63?,64?,65?,66?,67?,68-,69?,70?,71?,72?,73-,74+,75?,76?/m0/s1. The zero-order valence-electron chi connectivity index (χ0n) is 50.3. The average molecular weight is 1220 g/mol. The highest BCUT2D eigenvalue weighted by molar-refractivity contribution is 5.30. The number of hydrogen-bond acceptors (Lipinski definition) is 14. The van der Waals surface area contributed by atoms with Gasteiger partial charge in [-0.05, 0) is 50.6 Å². The van der Waals surface area contributed by atoms with Crippen LogP contribution in [0.3, 0.4) is 0 Å². The third kappa shape index (κ3) is 14.6. The van der Waals surface area contributed by atoms with Crippen molar-refractivity contribution in [2.24, 2.45) is 11.8 Å². The fraction of sp³-hybridized carbons (Fsp3) is 0.342. The summed E-state index contributed by atoms with van der Waals surface area (Å²) in [6.45, 7) is 2.32. The molecule has 3 aliphatic heterocycles. The fourth-order valence-corrected chi connectivity index (χ4v) is 13.0. The van der Waals surface area contributed by atoms with Gasteiger partial charge in [-0.15, -0.1) is 0 Å². The lowest BCUT2D eigenvalue weighted by atomic mass is 9.99. The van der Waals surface area contributed by atoms with E-state index in [-0.39, 0.29) is 52.9 Å². The minimum atomic E-state index is -1.36. The van der Waals surface area contributed by atoms with Crippen molar-refractivity contribution in [2.45, 2.75) is 132 Å². The summed E-state index contributed by atoms with van der Waals surface area (Å²) < 4.78 is 92.1. The highest BCUT2D eigenvalue weighted by Gasteiger charge is 2.82. The molecule has 8 aromatic carbocycles. The molecule has 90 heavy (non-hydrogen) atoms. The SMILES string of the molecule is OC1C2C(OCc3ccccc3)[C@@H](OC34C(COCc5ccccc5)O[C@@H](O[C@H]5C(OCc6ccccc6)C=COC5COCc5ccccc5)C(OCc5ccccc5)C3C4OCc3ccccc3)OC(COCc3ccccc3)C12OCc1ccccc1. The Morgan fingerprint density at radius 1 is 0.356 bits per heavy atom. The molecule has 0 spiro atoms. The molecule has 2 saturated heterocycles. The van der Waals surface area contributed by atoms with E-state index in [4.69, 9.17) is 61.6 Å². The van der Waals surface area contributed by atoms with Crippen LogP contribution in [0.5, 0.6) is 0 Å². The highest BCUT2D eigenvalue weighted by atomic mass is 16.8. The molecule has 15 atom stereocenters. The average Bonchev–Trinajstić information content (AvgIpc) is 1.52. The summed E-state index contributed by atoms with van der Waals surface area (Å²) in [4.78, 5) is 0. The van der Waals surface area contributed by atoms with Gasteiger partial charge in [-0.1, -0.05) is 243 Å². The first-order valence-corrected chi connectivity index (χ1v) is 31.3. The molecule has 13 rings (SSSR count). The van der Waals surface area contributed by atoms with Crippen LogP contribution in [0.15, 0.2) is 255 Å². The molecule has 0 aromatic heterocycles. The Morgan fingerprint density at radius 3 is 1.18 bits per heavy atom. The van der Waals surface area contributed by atoms with Crippen LogP contribution in [0.2, 0.25) is 0 Å². The lowest BCUT2D eigenvalue weighted by Gasteiger charge is -2.46. The van der Waals surface area contributed by atoms with E-state index in [1.807, 2.05) is 249 Å². The summed E-state index contributed by atoms with van der Waals surface area (Å²) in [5, 5.41) is 12.7. The van der Waals surface area contributed by atoms with Crippen molar-refractivity contribution in [1.29, 1.82) is 0 Å². The Morgan fingerprint density at radius 2 is 0.722 bits per heavy atom. The van der Waals surface area contributed by atoms with E-state index in [9.17, 15) is 5.11 Å². The molecular weight excluding hydrogens is 1140 g/mol. The van der Waals surface area contributed by atoms with Gasteiger partial charge in [0.15, 0.2) is 18.7 Å². The van der Waals surface area contributed by atoms with Crippen molar-refractivity contribution in [3.05, 3.63) is 300 Å². The van der Waals surface area contributed by atoms with Crippen molar-refractivity contribution < 1.29 is 66.7 Å². The second-order valence-electron chi connectivity index (χ2n) is 23.7. The molecule has 4 fully saturated rings. The predicted octanol–water partition coefficient (Wildman–Crippen LogP) is 12.1. The van der Waals surface area contributed by atoms with Crippen molar-refractivity contribution >= 4 is 0 Å². The first-order valence-electron chi connectivity index (χ1n) is 31.3. The Balaban J connectivity index is 0.890. The summed E-state index contributed by atoms with van der Waals surface area (Å²) in [7, 11) is 0. The maximum Gasteiger partial charge on any atom is 0.185 e. The third-order valence-corrected chi connectivity index (χ3v) is 17.7. The van der Waals surface area contributed by atoms with Crippen LogP contribution in [0.4, 0.5) is 0 Å². The summed E-state index contributed by atoms with van der Waals surface area (Å²) in [5.41, 5.74) is 5.16. The van der Waals surface area contributed by atoms with Gasteiger partial charge in [0.1, 0.15) is 47.8 Å². The maximum atomic E-state index is 12.7. The lowest BCUT2D eigenvalue weighted by molar-refractivity contribution is -0.357. The van der Waals surface area contributed by atoms with Gasteiger partial charge in [0, 0.05) is 0 Å². The second-order valence-corrected chi connectivity index (χ2v) is 23.7. The summed E-state index contributed by atoms with van der Waals surface area (Å²) >= 11 is 0. The smallest absolute Gasteiger partial charge is 0.185 e. The highest BCUT2D eigenvalue weighted by Crippen LogP contribution is 2.64. The van der Waals surface area contributed by atoms with E-state index in [1.54, 1.807) is 6.26 Å². The van der Waals surface area contributed by atoms with E-state index < -0.39 is 90.6 Å². The number of aliphatic hydroxyl groups excluding tert-OH is 1. The Bertz CT molecular complexity index is 3430. The van der Waals surface area contributed by atoms with Gasteiger partial charge in [-0.25, -0.2) is 0 Å². The molecular formula is C76H78O14. The van der Waals surface area contributed by atoms with Crippen molar-refractivity contribution in [1.82, 2.24) is 0 Å². The lowest BCUT2D eigenvalue weighted by Crippen LogP contribution is -2.60. The Labute approximate surface area is 527 Å². The van der Waals surface area contributed by atoms with Crippen LogP contribution in [-0.4, -0.2) is 104 Å². The summed E-state index contributed by atoms with van der Waals surface area (Å²) in [6.07, 6.45) is -5.97. The molecule has 466 valence electrons. The van der Waals surface area contributed by atoms with Crippen LogP contribution in [0.1, 0.15) is 44.5 Å². The fourth-order valence-electron chi connectivity index (χ4n) is 13.0. The molecule has 5 aliphatic rings. The second kappa shape index (κ2) is 29.8. The number of fused-ring (bicyclic) bond motifs is 2. The molecule has 0 amide bonds. The number of benzene rings is 8. The van der Waals surface area contributed by atoms with Gasteiger partial charge in [0.25, 0.3) is 0 Å². The largest absolute Gasteiger partial charge is 0.493 e. The Hall–Kier alpha value is -7.22. The van der Waals surface area contributed by atoms with Gasteiger partial charge in [-0.2, -0.15) is 0 Å². The predicted molar refractivity (Wildman–Crippen MR) is 335 cm³/mol. The quantitative estimate of drug-likeness (QED) is 0.0441. The van der Waals surface area contributed by atoms with Crippen LogP contribution in [-0.2, 0) is 114 Å². The zero-order chi connectivity index (χ0) is 60.8. The summed E-state index contributed by atoms with van der Waals surface area (Å²) in [6, 6.07) is 80.1. The van der Waals surface area contributed by atoms with Gasteiger partial charge < -0.3 is 66.7 Å². The molecule has 14 nitrogen and oxygen atoms in total. The molecule has 0 bridgehead atoms. The van der Waals surface area contributed by atoms with E-state index >= 15 is 0 Å². The molecule has 0 radical (unpaired) electrons. The maximum absolute atomic E-state index is 12.7. The first kappa shape index (κ1) is 61.6. The monoisotopic (exact) mass is 1210 g/mol. The number of hydrogen-bond donors (Lipinski definition) is 1. The van der Waals surface area contributed by atoms with E-state index in [0.717, 1.165) is 44.5 Å². The molecule has 2 saturated carbocycles. The zero-order valence-corrected chi connectivity index (χ0v) is 50.3. The molecule has 2 aliphatic carbocycles. The number of rotatable bonds is 31. The van der Waals surface area contributed by atoms with Crippen LogP contribution in [0, 0.1) is 11.8 Å². The minimum Gasteiger partial charge on any atom is -0.493 e. The Kier molecular flexibility index (Phi) is 20.4. The first-order chi connectivity index (χ1) is 44.5. The minimum absolute atomic E-state index is 0.0303. The third-order valence-electron chi connectivity index (χ3n) is 17.7. The molecule has 3 heterocycles. The number of aliphatic hydroxyl groups is 1. The normalized spacial score (nSPS) is 28.9. The topological polar surface area (TPSA) is 140 Å². The van der Waals surface area contributed by atoms with E-state index in [1.165, 1.54) is 0 Å². The molecule has 8 aromatic rings. The van der Waals surface area contributed by atoms with Crippen LogP contribution >= 0.6 is 0 Å². The van der Waals surface area contributed by atoms with Gasteiger partial charge in [-0.3, -0.25) is 0 Å². The molecule has 12 unspecified atom stereocenters. The van der Waals surface area contributed by atoms with Crippen LogP contribution in [0.25, 0.3) is 0 Å². The van der Waals surface area contributed by atoms with Crippen molar-refractivity contribution in [3.8, 4) is 0 Å². The van der Waals surface area contributed by atoms with Crippen LogP contribution < -0.4 is 0 Å². The number of ether oxygens (including phenoxy) is 13. The van der Waals surface area contributed by atoms with Gasteiger partial charge in [0.2, 0.25) is 0 Å². The van der Waals surface area contributed by atoms with E-state index in [0.29, 0.717) is 19.8 Å². The van der Waals surface area contributed by atoms with Crippen molar-refractivity contribution in [2.75, 3.05) is 19.8 Å². The van der Waals surface area contributed by atoms with Crippen molar-refractivity contribution in [3.63, 3.8) is 0 Å². The van der Waals surface area contributed by atoms with E-state index in [2.05, 4.69) is 0 Å². The van der Waals surface area contributed by atoms with Gasteiger partial charge >= 0.3 is 0 Å².